The van der Waals surface area contributed by atoms with Crippen molar-refractivity contribution in [2.45, 2.75) is 6.36 Å². The summed E-state index contributed by atoms with van der Waals surface area (Å²) in [4.78, 5) is 6.41. The summed E-state index contributed by atoms with van der Waals surface area (Å²) in [6.07, 6.45) is -4.77. The van der Waals surface area contributed by atoms with Crippen LogP contribution in [0.3, 0.4) is 0 Å². The van der Waals surface area contributed by atoms with E-state index < -0.39 is 6.36 Å². The zero-order valence-electron chi connectivity index (χ0n) is 17.3. The molecule has 0 saturated heterocycles. The summed E-state index contributed by atoms with van der Waals surface area (Å²) in [6, 6.07) is 20.7. The van der Waals surface area contributed by atoms with Crippen LogP contribution in [0.15, 0.2) is 84.9 Å². The number of rotatable bonds is 5. The lowest BCUT2D eigenvalue weighted by Gasteiger charge is -2.22. The molecule has 0 fully saturated rings. The summed E-state index contributed by atoms with van der Waals surface area (Å²) in [5, 5.41) is 0. The molecule has 0 unspecified atom stereocenters. The van der Waals surface area contributed by atoms with Crippen molar-refractivity contribution in [3.05, 3.63) is 96.6 Å². The van der Waals surface area contributed by atoms with Crippen LogP contribution in [0.2, 0.25) is 0 Å². The molecular weight excluding hydrogens is 439 g/mol. The third-order valence-corrected chi connectivity index (χ3v) is 4.93. The van der Waals surface area contributed by atoms with Crippen LogP contribution in [0, 0.1) is 11.6 Å². The maximum absolute atomic E-state index is 13.4. The highest BCUT2D eigenvalue weighted by Gasteiger charge is 2.31. The zero-order valence-corrected chi connectivity index (χ0v) is 17.3. The number of alkyl halides is 3. The average molecular weight is 456 g/mol. The van der Waals surface area contributed by atoms with Gasteiger partial charge in [-0.3, -0.25) is 0 Å². The van der Waals surface area contributed by atoms with E-state index in [-0.39, 0.29) is 17.4 Å². The molecule has 0 aliphatic carbocycles. The largest absolute Gasteiger partial charge is 0.573 e. The topological polar surface area (TPSA) is 25.4 Å². The Labute approximate surface area is 186 Å². The Morgan fingerprint density at radius 1 is 0.667 bits per heavy atom. The highest BCUT2D eigenvalue weighted by Crippen LogP contribution is 2.33. The van der Waals surface area contributed by atoms with Crippen LogP contribution < -0.4 is 9.64 Å². The fraction of sp³-hybridized carbons (Fsp3) is 0.0800. The number of ether oxygens (including phenoxy) is 1. The van der Waals surface area contributed by atoms with Gasteiger partial charge in [-0.25, -0.2) is 13.8 Å². The van der Waals surface area contributed by atoms with Crippen molar-refractivity contribution in [3.63, 3.8) is 0 Å². The number of benzene rings is 3. The SMILES string of the molecule is CN(c1ccc(OC(F)(F)F)cc1)c1cc(-c2ccc(F)cc2)nc(-c2ccc(F)cc2)c1. The molecule has 0 atom stereocenters. The molecule has 0 N–H and O–H groups in total. The molecule has 0 aliphatic heterocycles. The van der Waals surface area contributed by atoms with E-state index >= 15 is 0 Å². The van der Waals surface area contributed by atoms with Gasteiger partial charge in [-0.1, -0.05) is 0 Å². The van der Waals surface area contributed by atoms with Gasteiger partial charge in [-0.15, -0.1) is 13.2 Å². The second kappa shape index (κ2) is 8.90. The van der Waals surface area contributed by atoms with E-state index in [0.717, 1.165) is 0 Å². The molecule has 0 radical (unpaired) electrons. The predicted octanol–water partition coefficient (Wildman–Crippen LogP) is 7.36. The van der Waals surface area contributed by atoms with Crippen LogP contribution in [0.1, 0.15) is 0 Å². The van der Waals surface area contributed by atoms with Gasteiger partial charge in [0.25, 0.3) is 0 Å². The summed E-state index contributed by atoms with van der Waals surface area (Å²) in [5.74, 6) is -1.09. The standard InChI is InChI=1S/C25H17F5N2O/c1-32(20-10-12-22(13-11-20)33-25(28,29)30)21-14-23(16-2-6-18(26)7-3-16)31-24(15-21)17-4-8-19(27)9-5-17/h2-15H,1H3. The van der Waals surface area contributed by atoms with E-state index in [9.17, 15) is 22.0 Å². The maximum atomic E-state index is 13.4. The first-order valence-electron chi connectivity index (χ1n) is 9.81. The monoisotopic (exact) mass is 456 g/mol. The lowest BCUT2D eigenvalue weighted by Crippen LogP contribution is -2.17. The number of hydrogen-bond acceptors (Lipinski definition) is 3. The third kappa shape index (κ3) is 5.46. The Morgan fingerprint density at radius 3 is 1.55 bits per heavy atom. The minimum Gasteiger partial charge on any atom is -0.406 e. The molecule has 8 heteroatoms. The van der Waals surface area contributed by atoms with Gasteiger partial charge in [0.2, 0.25) is 0 Å². The van der Waals surface area contributed by atoms with Crippen molar-refractivity contribution in [3.8, 4) is 28.3 Å². The zero-order chi connectivity index (χ0) is 23.6. The van der Waals surface area contributed by atoms with E-state index in [1.54, 1.807) is 48.3 Å². The first-order chi connectivity index (χ1) is 15.7. The van der Waals surface area contributed by atoms with Gasteiger partial charge < -0.3 is 9.64 Å². The molecule has 0 bridgehead atoms. The molecular formula is C25H17F5N2O. The van der Waals surface area contributed by atoms with Crippen molar-refractivity contribution in [1.29, 1.82) is 0 Å². The Kier molecular flexibility index (Phi) is 6.00. The molecule has 0 saturated carbocycles. The second-order valence-corrected chi connectivity index (χ2v) is 7.21. The molecule has 3 aromatic carbocycles. The van der Waals surface area contributed by atoms with Crippen molar-refractivity contribution in [2.75, 3.05) is 11.9 Å². The van der Waals surface area contributed by atoms with Gasteiger partial charge in [-0.05, 0) is 84.9 Å². The van der Waals surface area contributed by atoms with Gasteiger partial charge in [-0.2, -0.15) is 0 Å². The van der Waals surface area contributed by atoms with E-state index in [4.69, 9.17) is 0 Å². The Hall–Kier alpha value is -3.94. The fourth-order valence-electron chi connectivity index (χ4n) is 3.27. The molecule has 3 nitrogen and oxygen atoms in total. The summed E-state index contributed by atoms with van der Waals surface area (Å²) >= 11 is 0. The molecule has 1 heterocycles. The number of aromatic nitrogens is 1. The van der Waals surface area contributed by atoms with E-state index in [1.807, 2.05) is 0 Å². The molecule has 168 valence electrons. The molecule has 0 amide bonds. The van der Waals surface area contributed by atoms with Crippen LogP contribution in [0.5, 0.6) is 5.75 Å². The van der Waals surface area contributed by atoms with Gasteiger partial charge >= 0.3 is 6.36 Å². The van der Waals surface area contributed by atoms with Crippen molar-refractivity contribution >= 4 is 11.4 Å². The maximum Gasteiger partial charge on any atom is 0.573 e. The number of pyridine rings is 1. The van der Waals surface area contributed by atoms with Gasteiger partial charge in [0.05, 0.1) is 11.4 Å². The first kappa shape index (κ1) is 22.3. The number of hydrogen-bond donors (Lipinski definition) is 0. The minimum atomic E-state index is -4.77. The number of halogens is 5. The molecule has 4 aromatic rings. The third-order valence-electron chi connectivity index (χ3n) is 4.93. The lowest BCUT2D eigenvalue weighted by atomic mass is 10.1. The van der Waals surface area contributed by atoms with E-state index in [0.29, 0.717) is 33.9 Å². The Morgan fingerprint density at radius 2 is 1.12 bits per heavy atom. The van der Waals surface area contributed by atoms with Crippen LogP contribution in [0.25, 0.3) is 22.5 Å². The molecule has 33 heavy (non-hydrogen) atoms. The Bertz CT molecular complexity index is 1170. The van der Waals surface area contributed by atoms with Gasteiger partial charge in [0.1, 0.15) is 17.4 Å². The summed E-state index contributed by atoms with van der Waals surface area (Å²) in [6.45, 7) is 0. The summed E-state index contributed by atoms with van der Waals surface area (Å²) in [7, 11) is 1.75. The number of nitrogens with zero attached hydrogens (tertiary/aromatic N) is 2. The van der Waals surface area contributed by atoms with Crippen molar-refractivity contribution in [2.24, 2.45) is 0 Å². The quantitative estimate of drug-likeness (QED) is 0.294. The highest BCUT2D eigenvalue weighted by atomic mass is 19.4. The molecule has 0 spiro atoms. The average Bonchev–Trinajstić information content (AvgIpc) is 2.79. The minimum absolute atomic E-state index is 0.326. The van der Waals surface area contributed by atoms with Crippen molar-refractivity contribution < 1.29 is 26.7 Å². The highest BCUT2D eigenvalue weighted by molar-refractivity contribution is 5.75. The smallest absolute Gasteiger partial charge is 0.406 e. The normalized spacial score (nSPS) is 11.3. The first-order valence-corrected chi connectivity index (χ1v) is 9.81. The molecule has 1 aromatic heterocycles. The summed E-state index contributed by atoms with van der Waals surface area (Å²) < 4.78 is 68.1. The summed E-state index contributed by atoms with van der Waals surface area (Å²) in [5.41, 5.74) is 3.72. The van der Waals surface area contributed by atoms with Gasteiger partial charge in [0.15, 0.2) is 0 Å². The fourth-order valence-corrected chi connectivity index (χ4v) is 3.27. The molecule has 4 rings (SSSR count). The second-order valence-electron chi connectivity index (χ2n) is 7.21. The van der Waals surface area contributed by atoms with Gasteiger partial charge in [0, 0.05) is 29.5 Å². The van der Waals surface area contributed by atoms with Crippen molar-refractivity contribution in [1.82, 2.24) is 4.98 Å². The van der Waals surface area contributed by atoms with Crippen LogP contribution in [0.4, 0.5) is 33.3 Å². The Balaban J connectivity index is 1.74. The number of anilines is 2. The predicted molar refractivity (Wildman–Crippen MR) is 116 cm³/mol. The van der Waals surface area contributed by atoms with E-state index in [1.165, 1.54) is 48.5 Å². The molecule has 0 aliphatic rings. The van der Waals surface area contributed by atoms with Crippen LogP contribution in [-0.2, 0) is 0 Å². The van der Waals surface area contributed by atoms with Crippen LogP contribution in [-0.4, -0.2) is 18.4 Å². The lowest BCUT2D eigenvalue weighted by molar-refractivity contribution is -0.274. The van der Waals surface area contributed by atoms with Crippen LogP contribution >= 0.6 is 0 Å². The van der Waals surface area contributed by atoms with E-state index in [2.05, 4.69) is 9.72 Å².